The molecule has 1 aromatic heterocycles. The van der Waals surface area contributed by atoms with Gasteiger partial charge in [0.1, 0.15) is 0 Å². The molecule has 1 fully saturated rings. The minimum absolute atomic E-state index is 0.192. The van der Waals surface area contributed by atoms with Crippen LogP contribution in [0.3, 0.4) is 0 Å². The molecule has 0 unspecified atom stereocenters. The molecule has 28 heavy (non-hydrogen) atoms. The quantitative estimate of drug-likeness (QED) is 0.690. The van der Waals surface area contributed by atoms with E-state index in [2.05, 4.69) is 44.8 Å². The summed E-state index contributed by atoms with van der Waals surface area (Å²) in [7, 11) is 0. The van der Waals surface area contributed by atoms with Crippen LogP contribution < -0.4 is 5.32 Å². The molecule has 0 radical (unpaired) electrons. The molecule has 0 spiro atoms. The van der Waals surface area contributed by atoms with Gasteiger partial charge in [0.15, 0.2) is 5.69 Å². The number of nitrogens with zero attached hydrogens (tertiary/aromatic N) is 4. The fourth-order valence-electron chi connectivity index (χ4n) is 3.70. The molecule has 4 rings (SSSR count). The van der Waals surface area contributed by atoms with Crippen molar-refractivity contribution in [3.63, 3.8) is 0 Å². The van der Waals surface area contributed by atoms with E-state index < -0.39 is 0 Å². The molecule has 1 atom stereocenters. The van der Waals surface area contributed by atoms with Gasteiger partial charge in [-0.2, -0.15) is 0 Å². The zero-order valence-corrected chi connectivity index (χ0v) is 15.9. The molecule has 1 amide bonds. The molecular formula is C22H25N5O. The Labute approximate surface area is 165 Å². The zero-order chi connectivity index (χ0) is 19.2. The molecule has 1 aliphatic heterocycles. The van der Waals surface area contributed by atoms with E-state index >= 15 is 0 Å². The number of nitrogens with one attached hydrogen (secondary N) is 1. The second kappa shape index (κ2) is 8.80. The van der Waals surface area contributed by atoms with Crippen LogP contribution in [0.2, 0.25) is 0 Å². The Kier molecular flexibility index (Phi) is 5.77. The monoisotopic (exact) mass is 375 g/mol. The maximum Gasteiger partial charge on any atom is 0.273 e. The fourth-order valence-corrected chi connectivity index (χ4v) is 3.70. The van der Waals surface area contributed by atoms with Crippen LogP contribution in [0.25, 0.3) is 0 Å². The topological polar surface area (TPSA) is 63.1 Å². The number of likely N-dealkylation sites (tertiary alicyclic amines) is 1. The third kappa shape index (κ3) is 4.64. The number of hydrogen-bond donors (Lipinski definition) is 1. The summed E-state index contributed by atoms with van der Waals surface area (Å²) in [6, 6.07) is 20.8. The fraction of sp³-hybridized carbons (Fsp3) is 0.318. The van der Waals surface area contributed by atoms with E-state index in [-0.39, 0.29) is 5.91 Å². The van der Waals surface area contributed by atoms with Gasteiger partial charge >= 0.3 is 0 Å². The number of rotatable bonds is 7. The summed E-state index contributed by atoms with van der Waals surface area (Å²) in [5.74, 6) is -0.192. The summed E-state index contributed by atoms with van der Waals surface area (Å²) >= 11 is 0. The molecule has 2 aromatic carbocycles. The van der Waals surface area contributed by atoms with Gasteiger partial charge in [-0.1, -0.05) is 65.9 Å². The lowest BCUT2D eigenvalue weighted by molar-refractivity contribution is 0.0946. The van der Waals surface area contributed by atoms with Crippen molar-refractivity contribution in [3.8, 4) is 0 Å². The maximum atomic E-state index is 12.3. The molecule has 1 N–H and O–H groups in total. The summed E-state index contributed by atoms with van der Waals surface area (Å²) in [5, 5.41) is 11.1. The van der Waals surface area contributed by atoms with Crippen molar-refractivity contribution >= 4 is 5.91 Å². The average Bonchev–Trinajstić information content (AvgIpc) is 3.38. The minimum Gasteiger partial charge on any atom is -0.347 e. The summed E-state index contributed by atoms with van der Waals surface area (Å²) in [6.45, 7) is 3.29. The molecule has 0 saturated carbocycles. The van der Waals surface area contributed by atoms with Crippen molar-refractivity contribution < 1.29 is 4.79 Å². The number of hydrogen-bond acceptors (Lipinski definition) is 4. The normalized spacial score (nSPS) is 16.9. The Balaban J connectivity index is 1.33. The third-order valence-corrected chi connectivity index (χ3v) is 5.19. The first kappa shape index (κ1) is 18.4. The summed E-state index contributed by atoms with van der Waals surface area (Å²) < 4.78 is 1.80. The molecule has 0 aliphatic carbocycles. The summed E-state index contributed by atoms with van der Waals surface area (Å²) in [6.07, 6.45) is 4.08. The zero-order valence-electron chi connectivity index (χ0n) is 15.9. The van der Waals surface area contributed by atoms with Gasteiger partial charge in [0.25, 0.3) is 5.91 Å². The van der Waals surface area contributed by atoms with Gasteiger partial charge in [-0.15, -0.1) is 5.10 Å². The van der Waals surface area contributed by atoms with Crippen LogP contribution in [0.5, 0.6) is 0 Å². The van der Waals surface area contributed by atoms with E-state index in [0.29, 0.717) is 18.3 Å². The maximum absolute atomic E-state index is 12.3. The standard InChI is InChI=1S/C22H25N5O/c28-22(23-14-18-8-3-1-4-9-18)21-17-27(25-24-21)16-20-12-7-13-26(20)15-19-10-5-2-6-11-19/h1-6,8-11,17,20H,7,12-16H2,(H,23,28)/t20-/m0/s1. The van der Waals surface area contributed by atoms with Crippen molar-refractivity contribution in [2.45, 2.75) is 38.5 Å². The Hall–Kier alpha value is -2.99. The van der Waals surface area contributed by atoms with E-state index in [1.807, 2.05) is 36.4 Å². The van der Waals surface area contributed by atoms with Crippen LogP contribution in [0.15, 0.2) is 66.9 Å². The average molecular weight is 375 g/mol. The number of carbonyl (C=O) groups is 1. The molecule has 1 saturated heterocycles. The SMILES string of the molecule is O=C(NCc1ccccc1)c1cn(C[C@@H]2CCCN2Cc2ccccc2)nn1. The third-order valence-electron chi connectivity index (χ3n) is 5.19. The Morgan fingerprint density at radius 1 is 1.04 bits per heavy atom. The van der Waals surface area contributed by atoms with Gasteiger partial charge in [0, 0.05) is 19.1 Å². The number of amides is 1. The lowest BCUT2D eigenvalue weighted by Crippen LogP contribution is -2.32. The lowest BCUT2D eigenvalue weighted by Gasteiger charge is -2.24. The van der Waals surface area contributed by atoms with Crippen molar-refractivity contribution in [2.75, 3.05) is 6.54 Å². The smallest absolute Gasteiger partial charge is 0.273 e. The van der Waals surface area contributed by atoms with Gasteiger partial charge in [-0.3, -0.25) is 14.4 Å². The summed E-state index contributed by atoms with van der Waals surface area (Å²) in [4.78, 5) is 14.8. The van der Waals surface area contributed by atoms with E-state index in [9.17, 15) is 4.79 Å². The second-order valence-electron chi connectivity index (χ2n) is 7.25. The number of aromatic nitrogens is 3. The van der Waals surface area contributed by atoms with Crippen LogP contribution in [-0.4, -0.2) is 38.4 Å². The van der Waals surface area contributed by atoms with Crippen molar-refractivity contribution in [3.05, 3.63) is 83.7 Å². The minimum atomic E-state index is -0.192. The van der Waals surface area contributed by atoms with Gasteiger partial charge < -0.3 is 5.32 Å². The van der Waals surface area contributed by atoms with Crippen LogP contribution >= 0.6 is 0 Å². The van der Waals surface area contributed by atoms with Crippen LogP contribution in [-0.2, 0) is 19.6 Å². The molecule has 1 aliphatic rings. The van der Waals surface area contributed by atoms with Crippen LogP contribution in [0.1, 0.15) is 34.5 Å². The van der Waals surface area contributed by atoms with Gasteiger partial charge in [-0.05, 0) is 30.5 Å². The first-order chi connectivity index (χ1) is 13.8. The van der Waals surface area contributed by atoms with Gasteiger partial charge in [0.2, 0.25) is 0 Å². The van der Waals surface area contributed by atoms with E-state index in [0.717, 1.165) is 31.6 Å². The van der Waals surface area contributed by atoms with Crippen molar-refractivity contribution in [1.29, 1.82) is 0 Å². The van der Waals surface area contributed by atoms with E-state index in [1.54, 1.807) is 10.9 Å². The predicted molar refractivity (Wildman–Crippen MR) is 108 cm³/mol. The Morgan fingerprint density at radius 3 is 2.50 bits per heavy atom. The first-order valence-corrected chi connectivity index (χ1v) is 9.78. The van der Waals surface area contributed by atoms with Crippen molar-refractivity contribution in [1.82, 2.24) is 25.2 Å². The molecule has 0 bridgehead atoms. The Morgan fingerprint density at radius 2 is 1.75 bits per heavy atom. The highest BCUT2D eigenvalue weighted by molar-refractivity contribution is 5.91. The van der Waals surface area contributed by atoms with Crippen molar-refractivity contribution in [2.24, 2.45) is 0 Å². The molecule has 6 nitrogen and oxygen atoms in total. The molecule has 3 aromatic rings. The van der Waals surface area contributed by atoms with E-state index in [4.69, 9.17) is 0 Å². The molecule has 2 heterocycles. The highest BCUT2D eigenvalue weighted by Crippen LogP contribution is 2.21. The highest BCUT2D eigenvalue weighted by atomic mass is 16.2. The van der Waals surface area contributed by atoms with E-state index in [1.165, 1.54) is 12.0 Å². The predicted octanol–water partition coefficient (Wildman–Crippen LogP) is 2.87. The lowest BCUT2D eigenvalue weighted by atomic mass is 10.2. The first-order valence-electron chi connectivity index (χ1n) is 9.78. The molecule has 6 heteroatoms. The number of benzene rings is 2. The van der Waals surface area contributed by atoms with Crippen LogP contribution in [0.4, 0.5) is 0 Å². The molecular weight excluding hydrogens is 350 g/mol. The van der Waals surface area contributed by atoms with Gasteiger partial charge in [-0.25, -0.2) is 0 Å². The van der Waals surface area contributed by atoms with Crippen LogP contribution in [0, 0.1) is 0 Å². The van der Waals surface area contributed by atoms with Gasteiger partial charge in [0.05, 0.1) is 12.7 Å². The summed E-state index contributed by atoms with van der Waals surface area (Å²) in [5.41, 5.74) is 2.75. The second-order valence-corrected chi connectivity index (χ2v) is 7.25. The Bertz CT molecular complexity index is 894. The highest BCUT2D eigenvalue weighted by Gasteiger charge is 2.25. The molecule has 144 valence electrons. The largest absolute Gasteiger partial charge is 0.347 e. The number of carbonyl (C=O) groups excluding carboxylic acids is 1.